The quantitative estimate of drug-likeness (QED) is 0.850. The minimum absolute atomic E-state index is 0.0832. The highest BCUT2D eigenvalue weighted by molar-refractivity contribution is 5.85. The Morgan fingerprint density at radius 2 is 1.92 bits per heavy atom. The molecule has 0 aliphatic heterocycles. The summed E-state index contributed by atoms with van der Waals surface area (Å²) < 4.78 is 1.41. The van der Waals surface area contributed by atoms with Crippen molar-refractivity contribution in [2.75, 3.05) is 6.54 Å². The highest BCUT2D eigenvalue weighted by Gasteiger charge is 2.14. The Hall–Kier alpha value is -2.70. The van der Waals surface area contributed by atoms with E-state index in [1.807, 2.05) is 39.8 Å². The molecule has 0 fully saturated rings. The fraction of sp³-hybridized carbons (Fsp3) is 0.444. The van der Waals surface area contributed by atoms with Crippen LogP contribution in [-0.2, 0) is 16.1 Å². The SMILES string of the molecule is Cc1cccc2c(=O)n(CCC(=O)NCC(=O)NC(C)(C)C)cnc12. The number of aryl methyl sites for hydroxylation is 2. The maximum atomic E-state index is 12.4. The van der Waals surface area contributed by atoms with Gasteiger partial charge in [0.2, 0.25) is 11.8 Å². The van der Waals surface area contributed by atoms with Crippen LogP contribution in [0.15, 0.2) is 29.3 Å². The number of carbonyl (C=O) groups is 2. The zero-order valence-electron chi connectivity index (χ0n) is 15.0. The van der Waals surface area contributed by atoms with Gasteiger partial charge >= 0.3 is 0 Å². The van der Waals surface area contributed by atoms with Crippen molar-refractivity contribution in [3.05, 3.63) is 40.4 Å². The van der Waals surface area contributed by atoms with E-state index in [1.54, 1.807) is 6.07 Å². The Morgan fingerprint density at radius 3 is 2.60 bits per heavy atom. The molecule has 134 valence electrons. The molecule has 0 aliphatic carbocycles. The molecule has 0 aliphatic rings. The highest BCUT2D eigenvalue weighted by atomic mass is 16.2. The van der Waals surface area contributed by atoms with E-state index < -0.39 is 0 Å². The number of aromatic nitrogens is 2. The first-order chi connectivity index (χ1) is 11.7. The fourth-order valence-corrected chi connectivity index (χ4v) is 2.45. The molecule has 7 heteroatoms. The summed E-state index contributed by atoms with van der Waals surface area (Å²) in [5, 5.41) is 5.85. The first kappa shape index (κ1) is 18.6. The summed E-state index contributed by atoms with van der Waals surface area (Å²) in [6.07, 6.45) is 1.55. The van der Waals surface area contributed by atoms with Crippen molar-refractivity contribution in [3.63, 3.8) is 0 Å². The summed E-state index contributed by atoms with van der Waals surface area (Å²) in [6.45, 7) is 7.63. The van der Waals surface area contributed by atoms with Gasteiger partial charge < -0.3 is 10.6 Å². The number of para-hydroxylation sites is 1. The van der Waals surface area contributed by atoms with Crippen molar-refractivity contribution in [1.82, 2.24) is 20.2 Å². The molecule has 0 saturated heterocycles. The van der Waals surface area contributed by atoms with Gasteiger partial charge in [0.1, 0.15) is 0 Å². The molecule has 2 N–H and O–H groups in total. The van der Waals surface area contributed by atoms with Crippen LogP contribution in [0.2, 0.25) is 0 Å². The molecule has 2 aromatic rings. The number of nitrogens with zero attached hydrogens (tertiary/aromatic N) is 2. The minimum Gasteiger partial charge on any atom is -0.350 e. The topological polar surface area (TPSA) is 93.1 Å². The molecule has 0 unspecified atom stereocenters. The lowest BCUT2D eigenvalue weighted by Crippen LogP contribution is -2.46. The van der Waals surface area contributed by atoms with Crippen LogP contribution in [0.3, 0.4) is 0 Å². The second-order valence-electron chi connectivity index (χ2n) is 7.04. The largest absolute Gasteiger partial charge is 0.350 e. The Kier molecular flexibility index (Phi) is 5.56. The molecule has 0 atom stereocenters. The molecule has 2 rings (SSSR count). The van der Waals surface area contributed by atoms with Crippen molar-refractivity contribution >= 4 is 22.7 Å². The average molecular weight is 344 g/mol. The van der Waals surface area contributed by atoms with Crippen molar-refractivity contribution < 1.29 is 9.59 Å². The molecule has 1 aromatic carbocycles. The van der Waals surface area contributed by atoms with Crippen LogP contribution >= 0.6 is 0 Å². The number of carbonyl (C=O) groups excluding carboxylic acids is 2. The molecular formula is C18H24N4O3. The number of amides is 2. The van der Waals surface area contributed by atoms with Gasteiger partial charge in [-0.2, -0.15) is 0 Å². The van der Waals surface area contributed by atoms with E-state index in [9.17, 15) is 14.4 Å². The van der Waals surface area contributed by atoms with Gasteiger partial charge in [-0.15, -0.1) is 0 Å². The zero-order chi connectivity index (χ0) is 18.6. The Balaban J connectivity index is 1.94. The van der Waals surface area contributed by atoms with Crippen LogP contribution in [0.1, 0.15) is 32.8 Å². The van der Waals surface area contributed by atoms with E-state index in [0.29, 0.717) is 10.9 Å². The number of hydrogen-bond donors (Lipinski definition) is 2. The maximum absolute atomic E-state index is 12.4. The Labute approximate surface area is 146 Å². The molecule has 0 spiro atoms. The Morgan fingerprint density at radius 1 is 1.20 bits per heavy atom. The Bertz CT molecular complexity index is 850. The fourth-order valence-electron chi connectivity index (χ4n) is 2.45. The summed E-state index contributed by atoms with van der Waals surface area (Å²) in [5.41, 5.74) is 1.09. The standard InChI is InChI=1S/C18H24N4O3/c1-12-6-5-7-13-16(12)20-11-22(17(13)25)9-8-14(23)19-10-15(24)21-18(2,3)4/h5-7,11H,8-10H2,1-4H3,(H,19,23)(H,21,24). The molecular weight excluding hydrogens is 320 g/mol. The smallest absolute Gasteiger partial charge is 0.261 e. The van der Waals surface area contributed by atoms with Crippen LogP contribution in [0.4, 0.5) is 0 Å². The zero-order valence-corrected chi connectivity index (χ0v) is 15.0. The van der Waals surface area contributed by atoms with E-state index in [4.69, 9.17) is 0 Å². The molecule has 1 aromatic heterocycles. The lowest BCUT2D eigenvalue weighted by Gasteiger charge is -2.20. The lowest BCUT2D eigenvalue weighted by molar-refractivity contribution is -0.127. The third-order valence-corrected chi connectivity index (χ3v) is 3.60. The highest BCUT2D eigenvalue weighted by Crippen LogP contribution is 2.11. The van der Waals surface area contributed by atoms with E-state index >= 15 is 0 Å². The van der Waals surface area contributed by atoms with Gasteiger partial charge in [0.25, 0.3) is 5.56 Å². The normalized spacial score (nSPS) is 11.4. The van der Waals surface area contributed by atoms with Crippen molar-refractivity contribution in [3.8, 4) is 0 Å². The van der Waals surface area contributed by atoms with E-state index in [1.165, 1.54) is 10.9 Å². The van der Waals surface area contributed by atoms with Crippen LogP contribution < -0.4 is 16.2 Å². The molecule has 2 amide bonds. The van der Waals surface area contributed by atoms with Crippen molar-refractivity contribution in [2.45, 2.75) is 46.2 Å². The summed E-state index contributed by atoms with van der Waals surface area (Å²) >= 11 is 0. The second kappa shape index (κ2) is 7.46. The van der Waals surface area contributed by atoms with Crippen LogP contribution in [0.25, 0.3) is 10.9 Å². The maximum Gasteiger partial charge on any atom is 0.261 e. The van der Waals surface area contributed by atoms with E-state index in [2.05, 4.69) is 15.6 Å². The first-order valence-corrected chi connectivity index (χ1v) is 8.20. The van der Waals surface area contributed by atoms with Crippen LogP contribution in [0, 0.1) is 6.92 Å². The van der Waals surface area contributed by atoms with E-state index in [0.717, 1.165) is 5.56 Å². The predicted molar refractivity (Wildman–Crippen MR) is 96.3 cm³/mol. The molecule has 25 heavy (non-hydrogen) atoms. The lowest BCUT2D eigenvalue weighted by atomic mass is 10.1. The summed E-state index contributed by atoms with van der Waals surface area (Å²) in [6, 6.07) is 5.44. The summed E-state index contributed by atoms with van der Waals surface area (Å²) in [4.78, 5) is 40.3. The van der Waals surface area contributed by atoms with Gasteiger partial charge in [-0.1, -0.05) is 12.1 Å². The van der Waals surface area contributed by atoms with E-state index in [-0.39, 0.29) is 42.4 Å². The summed E-state index contributed by atoms with van der Waals surface area (Å²) in [5.74, 6) is -0.541. The van der Waals surface area contributed by atoms with Gasteiger partial charge in [-0.25, -0.2) is 4.98 Å². The number of benzene rings is 1. The third-order valence-electron chi connectivity index (χ3n) is 3.60. The molecule has 0 radical (unpaired) electrons. The van der Waals surface area contributed by atoms with Gasteiger partial charge in [-0.3, -0.25) is 19.0 Å². The number of fused-ring (bicyclic) bond motifs is 1. The third kappa shape index (κ3) is 5.14. The second-order valence-corrected chi connectivity index (χ2v) is 7.04. The molecule has 0 bridgehead atoms. The van der Waals surface area contributed by atoms with Crippen LogP contribution in [0.5, 0.6) is 0 Å². The molecule has 0 saturated carbocycles. The number of hydrogen-bond acceptors (Lipinski definition) is 4. The van der Waals surface area contributed by atoms with Gasteiger partial charge in [0.15, 0.2) is 0 Å². The van der Waals surface area contributed by atoms with Gasteiger partial charge in [0.05, 0.1) is 23.8 Å². The van der Waals surface area contributed by atoms with Gasteiger partial charge in [0, 0.05) is 18.5 Å². The average Bonchev–Trinajstić information content (AvgIpc) is 2.51. The van der Waals surface area contributed by atoms with Crippen LogP contribution in [-0.4, -0.2) is 33.4 Å². The van der Waals surface area contributed by atoms with Crippen molar-refractivity contribution in [2.24, 2.45) is 0 Å². The molecule has 7 nitrogen and oxygen atoms in total. The molecule has 1 heterocycles. The van der Waals surface area contributed by atoms with Crippen molar-refractivity contribution in [1.29, 1.82) is 0 Å². The minimum atomic E-state index is -0.343. The summed E-state index contributed by atoms with van der Waals surface area (Å²) in [7, 11) is 0. The predicted octanol–water partition coefficient (Wildman–Crippen LogP) is 1.13. The van der Waals surface area contributed by atoms with Gasteiger partial charge in [-0.05, 0) is 39.3 Å². The monoisotopic (exact) mass is 344 g/mol. The number of rotatable bonds is 5. The number of nitrogens with one attached hydrogen (secondary N) is 2. The first-order valence-electron chi connectivity index (χ1n) is 8.20.